The van der Waals surface area contributed by atoms with Crippen LogP contribution in [0.25, 0.3) is 6.08 Å². The number of likely N-dealkylation sites (tertiary alicyclic amines) is 1. The van der Waals surface area contributed by atoms with E-state index >= 15 is 0 Å². The lowest BCUT2D eigenvalue weighted by atomic mass is 10.1. The third-order valence-electron chi connectivity index (χ3n) is 3.80. The van der Waals surface area contributed by atoms with E-state index in [0.29, 0.717) is 11.3 Å². The number of halogens is 1. The molecule has 3 rings (SSSR count). The lowest BCUT2D eigenvalue weighted by Gasteiger charge is -2.22. The molecule has 2 aliphatic heterocycles. The number of ether oxygens (including phenoxy) is 1. The molecule has 110 valence electrons. The molecule has 1 unspecified atom stereocenters. The molecule has 0 aliphatic carbocycles. The van der Waals surface area contributed by atoms with E-state index in [1.54, 1.807) is 12.1 Å². The van der Waals surface area contributed by atoms with E-state index in [4.69, 9.17) is 9.84 Å². The Bertz CT molecular complexity index is 642. The van der Waals surface area contributed by atoms with Gasteiger partial charge in [-0.1, -0.05) is 18.2 Å². The van der Waals surface area contributed by atoms with Crippen LogP contribution < -0.4 is 4.74 Å². The highest BCUT2D eigenvalue weighted by Gasteiger charge is 2.47. The zero-order valence-corrected chi connectivity index (χ0v) is 11.2. The lowest BCUT2D eigenvalue weighted by Crippen LogP contribution is -2.40. The summed E-state index contributed by atoms with van der Waals surface area (Å²) in [5.74, 6) is -1.19. The molecule has 0 bridgehead atoms. The van der Waals surface area contributed by atoms with Crippen molar-refractivity contribution >= 4 is 18.0 Å². The van der Waals surface area contributed by atoms with Crippen LogP contribution in [-0.2, 0) is 9.59 Å². The fourth-order valence-corrected chi connectivity index (χ4v) is 2.56. The first-order valence-corrected chi connectivity index (χ1v) is 6.64. The number of carbonyl (C=O) groups is 2. The van der Waals surface area contributed by atoms with E-state index in [1.807, 2.05) is 18.2 Å². The number of hydrogen-bond acceptors (Lipinski definition) is 3. The largest absolute Gasteiger partial charge is 0.488 e. The maximum atomic E-state index is 14.0. The highest BCUT2D eigenvalue weighted by Crippen LogP contribution is 2.30. The second-order valence-electron chi connectivity index (χ2n) is 5.24. The van der Waals surface area contributed by atoms with Gasteiger partial charge in [0.2, 0.25) is 5.67 Å². The number of fused-ring (bicyclic) bond motifs is 1. The number of para-hydroxylation sites is 1. The number of benzene rings is 1. The number of alkyl halides is 1. The Balaban J connectivity index is 1.79. The summed E-state index contributed by atoms with van der Waals surface area (Å²) in [5.41, 5.74) is -1.15. The van der Waals surface area contributed by atoms with Gasteiger partial charge in [-0.2, -0.15) is 0 Å². The van der Waals surface area contributed by atoms with Crippen LogP contribution in [-0.4, -0.2) is 47.2 Å². The van der Waals surface area contributed by atoms with Crippen LogP contribution in [0.3, 0.4) is 0 Å². The topological polar surface area (TPSA) is 66.8 Å². The number of nitrogens with zero attached hydrogens (tertiary/aromatic N) is 1. The first kappa shape index (κ1) is 13.6. The standard InChI is InChI=1S/C15H14FNO4/c16-15(14(19)20)5-6-17(9-15)13(18)11-7-10-3-1-2-4-12(10)21-8-11/h1-4,7H,5-6,8-9H2,(H,19,20). The number of carboxylic acid groups (broad SMARTS) is 1. The molecule has 1 fully saturated rings. The van der Waals surface area contributed by atoms with Gasteiger partial charge in [-0.3, -0.25) is 4.79 Å². The van der Waals surface area contributed by atoms with Gasteiger partial charge in [0.25, 0.3) is 5.91 Å². The fourth-order valence-electron chi connectivity index (χ4n) is 2.56. The molecule has 2 heterocycles. The number of carboxylic acids is 1. The predicted molar refractivity (Wildman–Crippen MR) is 72.6 cm³/mol. The highest BCUT2D eigenvalue weighted by atomic mass is 19.1. The van der Waals surface area contributed by atoms with Crippen molar-refractivity contribution in [1.82, 2.24) is 4.90 Å². The minimum absolute atomic E-state index is 0.0978. The SMILES string of the molecule is O=C(C1=Cc2ccccc2OC1)N1CCC(F)(C(=O)O)C1. The van der Waals surface area contributed by atoms with Crippen molar-refractivity contribution in [2.45, 2.75) is 12.1 Å². The summed E-state index contributed by atoms with van der Waals surface area (Å²) in [6.07, 6.45) is 1.53. The number of carbonyl (C=O) groups excluding carboxylic acids is 1. The molecule has 1 saturated heterocycles. The molecule has 2 aliphatic rings. The summed E-state index contributed by atoms with van der Waals surface area (Å²) < 4.78 is 19.5. The molecule has 1 amide bonds. The van der Waals surface area contributed by atoms with Crippen molar-refractivity contribution in [3.8, 4) is 5.75 Å². The van der Waals surface area contributed by atoms with Gasteiger partial charge in [0, 0.05) is 18.5 Å². The molecule has 5 nitrogen and oxygen atoms in total. The van der Waals surface area contributed by atoms with Gasteiger partial charge in [-0.25, -0.2) is 9.18 Å². The second kappa shape index (κ2) is 4.87. The zero-order chi connectivity index (χ0) is 15.0. The molecule has 0 radical (unpaired) electrons. The van der Waals surface area contributed by atoms with Gasteiger partial charge in [-0.15, -0.1) is 0 Å². The number of hydrogen-bond donors (Lipinski definition) is 1. The molecule has 0 saturated carbocycles. The Morgan fingerprint density at radius 2 is 2.10 bits per heavy atom. The zero-order valence-electron chi connectivity index (χ0n) is 11.2. The monoisotopic (exact) mass is 291 g/mol. The fraction of sp³-hybridized carbons (Fsp3) is 0.333. The number of amides is 1. The Morgan fingerprint density at radius 3 is 2.81 bits per heavy atom. The minimum atomic E-state index is -2.34. The molecule has 0 spiro atoms. The third kappa shape index (κ3) is 2.37. The summed E-state index contributed by atoms with van der Waals surface area (Å²) in [7, 11) is 0. The summed E-state index contributed by atoms with van der Waals surface area (Å²) in [4.78, 5) is 24.5. The van der Waals surface area contributed by atoms with Crippen molar-refractivity contribution in [3.63, 3.8) is 0 Å². The number of rotatable bonds is 2. The third-order valence-corrected chi connectivity index (χ3v) is 3.80. The maximum absolute atomic E-state index is 14.0. The molecule has 6 heteroatoms. The van der Waals surface area contributed by atoms with Crippen molar-refractivity contribution in [1.29, 1.82) is 0 Å². The van der Waals surface area contributed by atoms with Crippen LogP contribution in [0.2, 0.25) is 0 Å². The molecular formula is C15H14FNO4. The quantitative estimate of drug-likeness (QED) is 0.896. The summed E-state index contributed by atoms with van der Waals surface area (Å²) in [6.45, 7) is -0.209. The first-order valence-electron chi connectivity index (χ1n) is 6.64. The summed E-state index contributed by atoms with van der Waals surface area (Å²) >= 11 is 0. The van der Waals surface area contributed by atoms with Gasteiger partial charge in [0.15, 0.2) is 0 Å². The average molecular weight is 291 g/mol. The van der Waals surface area contributed by atoms with Gasteiger partial charge in [0.1, 0.15) is 12.4 Å². The van der Waals surface area contributed by atoms with E-state index in [0.717, 1.165) is 5.56 Å². The predicted octanol–water partition coefficient (Wildman–Crippen LogP) is 1.49. The normalized spacial score (nSPS) is 24.0. The molecule has 0 aromatic heterocycles. The summed E-state index contributed by atoms with van der Waals surface area (Å²) in [5, 5.41) is 8.86. The highest BCUT2D eigenvalue weighted by molar-refractivity contribution is 5.99. The van der Waals surface area contributed by atoms with Crippen molar-refractivity contribution in [2.75, 3.05) is 19.7 Å². The van der Waals surface area contributed by atoms with Crippen molar-refractivity contribution in [2.24, 2.45) is 0 Å². The van der Waals surface area contributed by atoms with Crippen molar-refractivity contribution < 1.29 is 23.8 Å². The molecule has 1 aromatic rings. The Morgan fingerprint density at radius 1 is 1.33 bits per heavy atom. The van der Waals surface area contributed by atoms with Crippen LogP contribution in [0, 0.1) is 0 Å². The van der Waals surface area contributed by atoms with Gasteiger partial charge < -0.3 is 14.7 Å². The molecule has 1 aromatic carbocycles. The van der Waals surface area contributed by atoms with E-state index in [1.165, 1.54) is 4.90 Å². The Hall–Kier alpha value is -2.37. The van der Waals surface area contributed by atoms with E-state index in [9.17, 15) is 14.0 Å². The maximum Gasteiger partial charge on any atom is 0.343 e. The van der Waals surface area contributed by atoms with E-state index in [-0.39, 0.29) is 25.5 Å². The van der Waals surface area contributed by atoms with Crippen molar-refractivity contribution in [3.05, 3.63) is 35.4 Å². The lowest BCUT2D eigenvalue weighted by molar-refractivity contribution is -0.150. The minimum Gasteiger partial charge on any atom is -0.488 e. The molecule has 1 atom stereocenters. The first-order chi connectivity index (χ1) is 9.99. The second-order valence-corrected chi connectivity index (χ2v) is 5.24. The van der Waals surface area contributed by atoms with E-state index in [2.05, 4.69) is 0 Å². The van der Waals surface area contributed by atoms with E-state index < -0.39 is 18.2 Å². The van der Waals surface area contributed by atoms with Gasteiger partial charge >= 0.3 is 5.97 Å². The Kier molecular flexibility index (Phi) is 3.16. The average Bonchev–Trinajstić information content (AvgIpc) is 2.90. The molecular weight excluding hydrogens is 277 g/mol. The van der Waals surface area contributed by atoms with Crippen LogP contribution in [0.5, 0.6) is 5.75 Å². The smallest absolute Gasteiger partial charge is 0.343 e. The van der Waals surface area contributed by atoms with Gasteiger partial charge in [-0.05, 0) is 12.1 Å². The summed E-state index contributed by atoms with van der Waals surface area (Å²) in [6, 6.07) is 7.30. The number of aliphatic carboxylic acids is 1. The van der Waals surface area contributed by atoms with Crippen LogP contribution in [0.15, 0.2) is 29.8 Å². The molecule has 1 N–H and O–H groups in total. The molecule has 21 heavy (non-hydrogen) atoms. The van der Waals surface area contributed by atoms with Crippen LogP contribution in [0.4, 0.5) is 4.39 Å². The Labute approximate surface area is 120 Å². The van der Waals surface area contributed by atoms with Gasteiger partial charge in [0.05, 0.1) is 12.1 Å². The van der Waals surface area contributed by atoms with Crippen LogP contribution in [0.1, 0.15) is 12.0 Å². The van der Waals surface area contributed by atoms with Crippen LogP contribution >= 0.6 is 0 Å².